The number of hydrogen-bond acceptors (Lipinski definition) is 3. The average molecular weight is 261 g/mol. The Morgan fingerprint density at radius 3 is 2.67 bits per heavy atom. The van der Waals surface area contributed by atoms with Gasteiger partial charge in [0.05, 0.1) is 6.54 Å². The van der Waals surface area contributed by atoms with Crippen LogP contribution in [0.2, 0.25) is 5.02 Å². The number of ketones is 1. The molecule has 0 atom stereocenters. The number of nitrogens with zero attached hydrogens (tertiary/aromatic N) is 1. The first kappa shape index (κ1) is 12.7. The van der Waals surface area contributed by atoms with E-state index >= 15 is 0 Å². The van der Waals surface area contributed by atoms with Crippen LogP contribution in [-0.4, -0.2) is 17.3 Å². The first-order valence-electron chi connectivity index (χ1n) is 5.64. The maximum Gasteiger partial charge on any atom is 0.176 e. The third-order valence-electron chi connectivity index (χ3n) is 2.50. The normalized spacial score (nSPS) is 10.3. The van der Waals surface area contributed by atoms with Gasteiger partial charge in [-0.15, -0.1) is 0 Å². The van der Waals surface area contributed by atoms with Gasteiger partial charge in [-0.3, -0.25) is 9.78 Å². The summed E-state index contributed by atoms with van der Waals surface area (Å²) >= 11 is 5.77. The summed E-state index contributed by atoms with van der Waals surface area (Å²) in [6.07, 6.45) is 3.50. The molecule has 2 rings (SSSR count). The second-order valence-corrected chi connectivity index (χ2v) is 4.33. The SMILES string of the molecule is O=C(CNCc1cccnc1)c1ccc(Cl)cc1. The van der Waals surface area contributed by atoms with E-state index in [1.54, 1.807) is 36.7 Å². The maximum absolute atomic E-state index is 11.8. The van der Waals surface area contributed by atoms with E-state index in [9.17, 15) is 4.79 Å². The molecule has 0 unspecified atom stereocenters. The van der Waals surface area contributed by atoms with Crippen molar-refractivity contribution in [1.29, 1.82) is 0 Å². The molecule has 0 fully saturated rings. The Morgan fingerprint density at radius 2 is 2.00 bits per heavy atom. The molecule has 0 radical (unpaired) electrons. The lowest BCUT2D eigenvalue weighted by Gasteiger charge is -2.04. The highest BCUT2D eigenvalue weighted by atomic mass is 35.5. The van der Waals surface area contributed by atoms with Crippen molar-refractivity contribution >= 4 is 17.4 Å². The average Bonchev–Trinajstić information content (AvgIpc) is 2.40. The van der Waals surface area contributed by atoms with Gasteiger partial charge in [-0.2, -0.15) is 0 Å². The van der Waals surface area contributed by atoms with Crippen LogP contribution in [0.5, 0.6) is 0 Å². The Kier molecular flexibility index (Phi) is 4.45. The first-order valence-corrected chi connectivity index (χ1v) is 6.02. The number of pyridine rings is 1. The smallest absolute Gasteiger partial charge is 0.176 e. The van der Waals surface area contributed by atoms with E-state index in [4.69, 9.17) is 11.6 Å². The third-order valence-corrected chi connectivity index (χ3v) is 2.76. The highest BCUT2D eigenvalue weighted by Gasteiger charge is 2.04. The van der Waals surface area contributed by atoms with Crippen LogP contribution in [0.25, 0.3) is 0 Å². The molecule has 0 aliphatic rings. The van der Waals surface area contributed by atoms with Crippen LogP contribution >= 0.6 is 11.6 Å². The number of benzene rings is 1. The number of Topliss-reactive ketones (excluding diaryl/α,β-unsaturated/α-hetero) is 1. The van der Waals surface area contributed by atoms with Crippen molar-refractivity contribution in [2.24, 2.45) is 0 Å². The molecule has 3 nitrogen and oxygen atoms in total. The summed E-state index contributed by atoms with van der Waals surface area (Å²) in [5.41, 5.74) is 1.72. The molecular formula is C14H13ClN2O. The number of rotatable bonds is 5. The second-order valence-electron chi connectivity index (χ2n) is 3.89. The van der Waals surface area contributed by atoms with Crippen LogP contribution < -0.4 is 5.32 Å². The fourth-order valence-corrected chi connectivity index (χ4v) is 1.69. The molecular weight excluding hydrogens is 248 g/mol. The van der Waals surface area contributed by atoms with E-state index in [-0.39, 0.29) is 5.78 Å². The zero-order valence-corrected chi connectivity index (χ0v) is 10.5. The molecule has 0 saturated carbocycles. The number of carbonyl (C=O) groups is 1. The summed E-state index contributed by atoms with van der Waals surface area (Å²) in [6.45, 7) is 0.934. The Labute approximate surface area is 111 Å². The van der Waals surface area contributed by atoms with Crippen LogP contribution in [-0.2, 0) is 6.54 Å². The van der Waals surface area contributed by atoms with Crippen molar-refractivity contribution < 1.29 is 4.79 Å². The molecule has 18 heavy (non-hydrogen) atoms. The van der Waals surface area contributed by atoms with Crippen LogP contribution in [0.15, 0.2) is 48.8 Å². The summed E-state index contributed by atoms with van der Waals surface area (Å²) < 4.78 is 0. The predicted octanol–water partition coefficient (Wildman–Crippen LogP) is 2.71. The molecule has 0 amide bonds. The Balaban J connectivity index is 1.84. The van der Waals surface area contributed by atoms with Crippen molar-refractivity contribution in [3.05, 3.63) is 64.9 Å². The molecule has 1 aromatic carbocycles. The van der Waals surface area contributed by atoms with Gasteiger partial charge in [-0.25, -0.2) is 0 Å². The van der Waals surface area contributed by atoms with E-state index in [0.717, 1.165) is 5.56 Å². The Hall–Kier alpha value is -1.71. The molecule has 2 aromatic rings. The lowest BCUT2D eigenvalue weighted by Crippen LogP contribution is -2.22. The highest BCUT2D eigenvalue weighted by Crippen LogP contribution is 2.09. The predicted molar refractivity (Wildman–Crippen MR) is 71.7 cm³/mol. The minimum atomic E-state index is 0.0514. The molecule has 0 spiro atoms. The van der Waals surface area contributed by atoms with Gasteiger partial charge in [0.15, 0.2) is 5.78 Å². The second kappa shape index (κ2) is 6.28. The Bertz CT molecular complexity index is 511. The minimum Gasteiger partial charge on any atom is -0.306 e. The van der Waals surface area contributed by atoms with Crippen molar-refractivity contribution in [1.82, 2.24) is 10.3 Å². The molecule has 0 aliphatic carbocycles. The van der Waals surface area contributed by atoms with Gasteiger partial charge in [0.25, 0.3) is 0 Å². The monoisotopic (exact) mass is 260 g/mol. The molecule has 1 N–H and O–H groups in total. The van der Waals surface area contributed by atoms with Gasteiger partial charge in [0.2, 0.25) is 0 Å². The number of aromatic nitrogens is 1. The van der Waals surface area contributed by atoms with Crippen molar-refractivity contribution in [3.8, 4) is 0 Å². The largest absolute Gasteiger partial charge is 0.306 e. The van der Waals surface area contributed by atoms with Crippen molar-refractivity contribution in [2.75, 3.05) is 6.54 Å². The van der Waals surface area contributed by atoms with Gasteiger partial charge in [-0.05, 0) is 35.9 Å². The summed E-state index contributed by atoms with van der Waals surface area (Å²) in [4.78, 5) is 15.8. The lowest BCUT2D eigenvalue weighted by molar-refractivity contribution is 0.0991. The van der Waals surface area contributed by atoms with Gasteiger partial charge in [-0.1, -0.05) is 17.7 Å². The van der Waals surface area contributed by atoms with Gasteiger partial charge >= 0.3 is 0 Å². The zero-order chi connectivity index (χ0) is 12.8. The molecule has 4 heteroatoms. The van der Waals surface area contributed by atoms with Gasteiger partial charge in [0, 0.05) is 29.5 Å². The summed E-state index contributed by atoms with van der Waals surface area (Å²) in [7, 11) is 0. The van der Waals surface area contributed by atoms with Gasteiger partial charge < -0.3 is 5.32 Å². The number of nitrogens with one attached hydrogen (secondary N) is 1. The van der Waals surface area contributed by atoms with E-state index in [1.807, 2.05) is 12.1 Å². The topological polar surface area (TPSA) is 42.0 Å². The molecule has 0 bridgehead atoms. The minimum absolute atomic E-state index is 0.0514. The number of halogens is 1. The van der Waals surface area contributed by atoms with Crippen LogP contribution in [0.4, 0.5) is 0 Å². The molecule has 92 valence electrons. The molecule has 1 aromatic heterocycles. The standard InChI is InChI=1S/C14H13ClN2O/c15-13-5-3-12(4-6-13)14(18)10-17-9-11-2-1-7-16-8-11/h1-8,17H,9-10H2. The Morgan fingerprint density at radius 1 is 1.22 bits per heavy atom. The molecule has 0 saturated heterocycles. The highest BCUT2D eigenvalue weighted by molar-refractivity contribution is 6.30. The summed E-state index contributed by atoms with van der Waals surface area (Å²) in [5.74, 6) is 0.0514. The van der Waals surface area contributed by atoms with Crippen molar-refractivity contribution in [2.45, 2.75) is 6.54 Å². The fourth-order valence-electron chi connectivity index (χ4n) is 1.56. The summed E-state index contributed by atoms with van der Waals surface area (Å²) in [6, 6.07) is 10.7. The quantitative estimate of drug-likeness (QED) is 0.841. The molecule has 1 heterocycles. The van der Waals surface area contributed by atoms with E-state index in [1.165, 1.54) is 0 Å². The van der Waals surface area contributed by atoms with Crippen LogP contribution in [0.1, 0.15) is 15.9 Å². The zero-order valence-electron chi connectivity index (χ0n) is 9.77. The maximum atomic E-state index is 11.8. The lowest BCUT2D eigenvalue weighted by atomic mass is 10.1. The molecule has 0 aliphatic heterocycles. The first-order chi connectivity index (χ1) is 8.75. The number of carbonyl (C=O) groups excluding carboxylic acids is 1. The number of hydrogen-bond donors (Lipinski definition) is 1. The van der Waals surface area contributed by atoms with Crippen LogP contribution in [0, 0.1) is 0 Å². The third kappa shape index (κ3) is 3.65. The van der Waals surface area contributed by atoms with Crippen LogP contribution in [0.3, 0.4) is 0 Å². The van der Waals surface area contributed by atoms with E-state index in [0.29, 0.717) is 23.7 Å². The fraction of sp³-hybridized carbons (Fsp3) is 0.143. The summed E-state index contributed by atoms with van der Waals surface area (Å²) in [5, 5.41) is 3.73. The van der Waals surface area contributed by atoms with E-state index < -0.39 is 0 Å². The van der Waals surface area contributed by atoms with Gasteiger partial charge in [0.1, 0.15) is 0 Å². The van der Waals surface area contributed by atoms with Crippen molar-refractivity contribution in [3.63, 3.8) is 0 Å². The van der Waals surface area contributed by atoms with E-state index in [2.05, 4.69) is 10.3 Å².